The Morgan fingerprint density at radius 1 is 0.407 bits per heavy atom. The molecule has 0 aliphatic heterocycles. The molecule has 1 nitrogen and oxygen atoms in total. The van der Waals surface area contributed by atoms with Crippen molar-refractivity contribution in [1.29, 1.82) is 0 Å². The smallest absolute Gasteiger partial charge is 0.0726 e. The highest BCUT2D eigenvalue weighted by Gasteiger charge is 2.51. The van der Waals surface area contributed by atoms with Gasteiger partial charge >= 0.3 is 0 Å². The topological polar surface area (TPSA) is 3.24 Å². The van der Waals surface area contributed by atoms with Crippen LogP contribution >= 0.6 is 0 Å². The largest absolute Gasteiger partial charge is 0.310 e. The molecule has 0 aromatic heterocycles. The zero-order valence-electron chi connectivity index (χ0n) is 33.3. The number of rotatable bonds is 4. The van der Waals surface area contributed by atoms with E-state index in [1.54, 1.807) is 12.1 Å². The molecule has 1 spiro atoms. The van der Waals surface area contributed by atoms with Crippen molar-refractivity contribution in [3.05, 3.63) is 221 Å². The molecule has 3 aliphatic rings. The van der Waals surface area contributed by atoms with E-state index in [4.69, 9.17) is 4.11 Å². The number of anilines is 3. The van der Waals surface area contributed by atoms with E-state index in [9.17, 15) is 0 Å². The standard InChI is InChI=1S/C53H39N/c1-34-23-25-35(26-24-34)36-27-29-37(30-28-36)54(50-22-12-17-44-42-16-4-8-18-45(42)52(2,3)51(44)50)38-31-32-43-41-15-7-11-21-48(41)53(49(43)33-38)46-19-9-5-13-39(46)40-14-6-10-20-47(40)53/h4-33H,1-3H3/i1D3. The molecule has 0 radical (unpaired) electrons. The molecule has 1 heteroatoms. The normalized spacial score (nSPS) is 15.6. The lowest BCUT2D eigenvalue weighted by Crippen LogP contribution is -2.26. The van der Waals surface area contributed by atoms with Gasteiger partial charge in [-0.05, 0) is 115 Å². The first-order chi connectivity index (χ1) is 27.7. The average molecular weight is 693 g/mol. The fourth-order valence-electron chi connectivity index (χ4n) is 10.1. The van der Waals surface area contributed by atoms with Gasteiger partial charge in [0.2, 0.25) is 0 Å². The van der Waals surface area contributed by atoms with Crippen LogP contribution in [0.1, 0.15) is 56.9 Å². The van der Waals surface area contributed by atoms with Crippen LogP contribution in [0.2, 0.25) is 0 Å². The summed E-state index contributed by atoms with van der Waals surface area (Å²) in [5.41, 5.74) is 20.6. The van der Waals surface area contributed by atoms with E-state index in [0.29, 0.717) is 5.56 Å². The molecule has 0 amide bonds. The fourth-order valence-corrected chi connectivity index (χ4v) is 10.1. The summed E-state index contributed by atoms with van der Waals surface area (Å²) in [4.78, 5) is 2.46. The minimum atomic E-state index is -2.13. The molecule has 0 saturated carbocycles. The monoisotopic (exact) mass is 692 g/mol. The maximum absolute atomic E-state index is 7.85. The van der Waals surface area contributed by atoms with Crippen molar-refractivity contribution in [2.45, 2.75) is 31.5 Å². The maximum atomic E-state index is 7.85. The minimum Gasteiger partial charge on any atom is -0.310 e. The third-order valence-electron chi connectivity index (χ3n) is 12.4. The second-order valence-electron chi connectivity index (χ2n) is 15.4. The lowest BCUT2D eigenvalue weighted by Gasteiger charge is -2.34. The predicted octanol–water partition coefficient (Wildman–Crippen LogP) is 13.8. The zero-order valence-corrected chi connectivity index (χ0v) is 30.3. The van der Waals surface area contributed by atoms with Gasteiger partial charge in [-0.3, -0.25) is 0 Å². The lowest BCUT2D eigenvalue weighted by molar-refractivity contribution is 0.661. The number of nitrogens with zero attached hydrogens (tertiary/aromatic N) is 1. The van der Waals surface area contributed by atoms with Gasteiger partial charge in [-0.2, -0.15) is 0 Å². The Balaban J connectivity index is 1.15. The summed E-state index contributed by atoms with van der Waals surface area (Å²) in [6, 6.07) is 65.6. The van der Waals surface area contributed by atoms with Gasteiger partial charge in [0.05, 0.1) is 11.1 Å². The van der Waals surface area contributed by atoms with Gasteiger partial charge in [-0.1, -0.05) is 171 Å². The number of hydrogen-bond acceptors (Lipinski definition) is 1. The van der Waals surface area contributed by atoms with Gasteiger partial charge in [0.15, 0.2) is 0 Å². The second kappa shape index (κ2) is 11.3. The molecule has 0 atom stereocenters. The van der Waals surface area contributed by atoms with Gasteiger partial charge in [0.25, 0.3) is 0 Å². The summed E-state index contributed by atoms with van der Waals surface area (Å²) in [5, 5.41) is 0. The van der Waals surface area contributed by atoms with Crippen LogP contribution in [0.4, 0.5) is 17.1 Å². The van der Waals surface area contributed by atoms with Gasteiger partial charge < -0.3 is 4.90 Å². The molecule has 8 aromatic carbocycles. The Labute approximate surface area is 322 Å². The van der Waals surface area contributed by atoms with E-state index in [2.05, 4.69) is 176 Å². The summed E-state index contributed by atoms with van der Waals surface area (Å²) < 4.78 is 23.5. The highest BCUT2D eigenvalue weighted by molar-refractivity contribution is 5.97. The Morgan fingerprint density at radius 2 is 0.870 bits per heavy atom. The number of hydrogen-bond donors (Lipinski definition) is 0. The quantitative estimate of drug-likeness (QED) is 0.177. The third-order valence-corrected chi connectivity index (χ3v) is 12.4. The SMILES string of the molecule is [2H]C([2H])([2H])c1ccc(-c2ccc(N(c3ccc4c(c3)C3(c5ccccc5-c5ccccc53)c3ccccc3-4)c3cccc4c3C(C)(C)c3ccccc3-4)cc2)cc1. The first-order valence-electron chi connectivity index (χ1n) is 20.4. The van der Waals surface area contributed by atoms with Crippen molar-refractivity contribution in [3.8, 4) is 44.5 Å². The summed E-state index contributed by atoms with van der Waals surface area (Å²) in [7, 11) is 0. The molecule has 0 saturated heterocycles. The second-order valence-corrected chi connectivity index (χ2v) is 15.4. The van der Waals surface area contributed by atoms with Crippen LogP contribution in [0, 0.1) is 6.85 Å². The average Bonchev–Trinajstić information content (AvgIpc) is 3.80. The van der Waals surface area contributed by atoms with Crippen molar-refractivity contribution in [3.63, 3.8) is 0 Å². The lowest BCUT2D eigenvalue weighted by atomic mass is 9.70. The third kappa shape index (κ3) is 4.10. The van der Waals surface area contributed by atoms with Crippen molar-refractivity contribution < 1.29 is 4.11 Å². The van der Waals surface area contributed by atoms with Crippen LogP contribution < -0.4 is 4.90 Å². The molecule has 3 aliphatic carbocycles. The van der Waals surface area contributed by atoms with Crippen LogP contribution in [0.15, 0.2) is 182 Å². The van der Waals surface area contributed by atoms with Gasteiger partial charge in [-0.15, -0.1) is 0 Å². The first-order valence-corrected chi connectivity index (χ1v) is 18.9. The molecule has 0 N–H and O–H groups in total. The van der Waals surface area contributed by atoms with Crippen molar-refractivity contribution >= 4 is 17.1 Å². The Kier molecular flexibility index (Phi) is 5.87. The van der Waals surface area contributed by atoms with E-state index < -0.39 is 12.3 Å². The zero-order chi connectivity index (χ0) is 38.7. The molecule has 0 heterocycles. The van der Waals surface area contributed by atoms with E-state index >= 15 is 0 Å². The van der Waals surface area contributed by atoms with Gasteiger partial charge in [0, 0.05) is 20.9 Å². The van der Waals surface area contributed by atoms with E-state index in [1.807, 2.05) is 12.1 Å². The fraction of sp³-hybridized carbons (Fsp3) is 0.0943. The van der Waals surface area contributed by atoms with Gasteiger partial charge in [-0.25, -0.2) is 0 Å². The molecule has 0 fully saturated rings. The molecular formula is C53H39N. The number of benzene rings is 8. The van der Waals surface area contributed by atoms with Crippen LogP contribution in [-0.4, -0.2) is 0 Å². The maximum Gasteiger partial charge on any atom is 0.0726 e. The Hall–Kier alpha value is -6.44. The summed E-state index contributed by atoms with van der Waals surface area (Å²) >= 11 is 0. The van der Waals surface area contributed by atoms with Crippen LogP contribution in [0.3, 0.4) is 0 Å². The Morgan fingerprint density at radius 3 is 1.44 bits per heavy atom. The molecule has 11 rings (SSSR count). The highest BCUT2D eigenvalue weighted by atomic mass is 15.1. The molecule has 8 aromatic rings. The Bertz CT molecular complexity index is 2850. The number of fused-ring (bicyclic) bond motifs is 13. The minimum absolute atomic E-state index is 0.233. The van der Waals surface area contributed by atoms with E-state index in [0.717, 1.165) is 28.2 Å². The summed E-state index contributed by atoms with van der Waals surface area (Å²) in [6.45, 7) is 2.57. The van der Waals surface area contributed by atoms with Crippen LogP contribution in [0.5, 0.6) is 0 Å². The molecular weight excluding hydrogens is 651 g/mol. The molecule has 0 unspecified atom stereocenters. The van der Waals surface area contributed by atoms with Crippen molar-refractivity contribution in [1.82, 2.24) is 0 Å². The summed E-state index contributed by atoms with van der Waals surface area (Å²) in [6.07, 6.45) is 0. The van der Waals surface area contributed by atoms with E-state index in [-0.39, 0.29) is 5.41 Å². The molecule has 0 bridgehead atoms. The van der Waals surface area contributed by atoms with Crippen molar-refractivity contribution in [2.24, 2.45) is 0 Å². The first kappa shape index (κ1) is 28.1. The van der Waals surface area contributed by atoms with Crippen LogP contribution in [0.25, 0.3) is 44.5 Å². The predicted molar refractivity (Wildman–Crippen MR) is 225 cm³/mol. The highest BCUT2D eigenvalue weighted by Crippen LogP contribution is 2.63. The summed E-state index contributed by atoms with van der Waals surface area (Å²) in [5.74, 6) is 0. The van der Waals surface area contributed by atoms with Crippen LogP contribution in [-0.2, 0) is 10.8 Å². The van der Waals surface area contributed by atoms with Crippen molar-refractivity contribution in [2.75, 3.05) is 4.90 Å². The van der Waals surface area contributed by atoms with E-state index in [1.165, 1.54) is 66.8 Å². The molecule has 256 valence electrons. The number of aryl methyl sites for hydroxylation is 1. The van der Waals surface area contributed by atoms with Gasteiger partial charge in [0.1, 0.15) is 0 Å². The molecule has 54 heavy (non-hydrogen) atoms.